The van der Waals surface area contributed by atoms with Crippen molar-refractivity contribution >= 4 is 5.91 Å². The van der Waals surface area contributed by atoms with Crippen LogP contribution in [0.1, 0.15) is 43.9 Å². The van der Waals surface area contributed by atoms with Crippen molar-refractivity contribution in [2.24, 2.45) is 5.92 Å². The Morgan fingerprint density at radius 3 is 2.66 bits per heavy atom. The second kappa shape index (κ2) is 10.7. The molecule has 0 aliphatic carbocycles. The molecule has 0 saturated heterocycles. The van der Waals surface area contributed by atoms with Crippen LogP contribution in [-0.2, 0) is 6.54 Å². The summed E-state index contributed by atoms with van der Waals surface area (Å²) >= 11 is 0. The zero-order chi connectivity index (χ0) is 23.1. The number of hydrogen-bond donors (Lipinski definition) is 1. The largest absolute Gasteiger partial charge is 0.493 e. The zero-order valence-corrected chi connectivity index (χ0v) is 19.0. The first-order chi connectivity index (χ1) is 15.4. The van der Waals surface area contributed by atoms with Crippen LogP contribution >= 0.6 is 0 Å². The van der Waals surface area contributed by atoms with E-state index in [2.05, 4.69) is 29.1 Å². The summed E-state index contributed by atoms with van der Waals surface area (Å²) in [5, 5.41) is 2.81. The van der Waals surface area contributed by atoms with Gasteiger partial charge in [0.05, 0.1) is 32.1 Å². The van der Waals surface area contributed by atoms with Crippen molar-refractivity contribution in [2.75, 3.05) is 13.7 Å². The summed E-state index contributed by atoms with van der Waals surface area (Å²) in [5.74, 6) is 2.16. The van der Waals surface area contributed by atoms with Gasteiger partial charge in [-0.25, -0.2) is 9.97 Å². The number of benzene rings is 1. The molecule has 1 amide bonds. The predicted octanol–water partition coefficient (Wildman–Crippen LogP) is 4.50. The molecule has 0 unspecified atom stereocenters. The molecule has 8 nitrogen and oxygen atoms in total. The van der Waals surface area contributed by atoms with Gasteiger partial charge in [-0.05, 0) is 50.1 Å². The van der Waals surface area contributed by atoms with E-state index in [4.69, 9.17) is 18.6 Å². The molecule has 0 aliphatic rings. The lowest BCUT2D eigenvalue weighted by Crippen LogP contribution is -2.25. The third kappa shape index (κ3) is 6.00. The topological polar surface area (TPSA) is 95.7 Å². The molecule has 170 valence electrons. The fraction of sp³-hybridized carbons (Fsp3) is 0.375. The van der Waals surface area contributed by atoms with Crippen molar-refractivity contribution in [1.29, 1.82) is 0 Å². The van der Waals surface area contributed by atoms with Crippen molar-refractivity contribution in [3.8, 4) is 28.7 Å². The van der Waals surface area contributed by atoms with Crippen LogP contribution in [-0.4, -0.2) is 35.7 Å². The number of ether oxygens (including phenoxy) is 3. The molecule has 1 N–H and O–H groups in total. The number of pyridine rings is 1. The summed E-state index contributed by atoms with van der Waals surface area (Å²) in [7, 11) is 1.60. The molecule has 0 saturated carbocycles. The van der Waals surface area contributed by atoms with E-state index in [0.717, 1.165) is 5.56 Å². The van der Waals surface area contributed by atoms with Crippen LogP contribution in [0.25, 0.3) is 11.5 Å². The highest BCUT2D eigenvalue weighted by molar-refractivity contribution is 5.94. The molecule has 0 spiro atoms. The second-order valence-electron chi connectivity index (χ2n) is 7.91. The van der Waals surface area contributed by atoms with Gasteiger partial charge in [0.15, 0.2) is 22.9 Å². The maximum absolute atomic E-state index is 12.6. The highest BCUT2D eigenvalue weighted by Gasteiger charge is 2.16. The standard InChI is InChI=1S/C24H29N3O5/c1-15(2)13-30-21-11-17(8-9-19(21)29-5)24-27-18(14-31-24)12-26-23(28)22-20(32-16(3)4)7-6-10-25-22/h6-11,14-16H,12-13H2,1-5H3,(H,26,28). The molecule has 2 heterocycles. The Kier molecular flexibility index (Phi) is 7.70. The molecular weight excluding hydrogens is 410 g/mol. The van der Waals surface area contributed by atoms with Crippen LogP contribution in [0.4, 0.5) is 0 Å². The van der Waals surface area contributed by atoms with Crippen LogP contribution in [0.15, 0.2) is 47.2 Å². The molecule has 3 rings (SSSR count). The number of amides is 1. The molecule has 0 bridgehead atoms. The molecule has 0 atom stereocenters. The first-order valence-corrected chi connectivity index (χ1v) is 10.5. The third-order valence-electron chi connectivity index (χ3n) is 4.31. The van der Waals surface area contributed by atoms with Gasteiger partial charge in [-0.1, -0.05) is 13.8 Å². The molecule has 0 radical (unpaired) electrons. The zero-order valence-electron chi connectivity index (χ0n) is 19.0. The first-order valence-electron chi connectivity index (χ1n) is 10.5. The van der Waals surface area contributed by atoms with Crippen molar-refractivity contribution < 1.29 is 23.4 Å². The van der Waals surface area contributed by atoms with E-state index < -0.39 is 0 Å². The fourth-order valence-electron chi connectivity index (χ4n) is 2.86. The Bertz CT molecular complexity index is 1050. The monoisotopic (exact) mass is 439 g/mol. The lowest BCUT2D eigenvalue weighted by Gasteiger charge is -2.13. The second-order valence-corrected chi connectivity index (χ2v) is 7.91. The number of nitrogens with one attached hydrogen (secondary N) is 1. The van der Waals surface area contributed by atoms with E-state index in [1.807, 2.05) is 32.0 Å². The molecule has 0 aliphatic heterocycles. The number of hydrogen-bond acceptors (Lipinski definition) is 7. The van der Waals surface area contributed by atoms with E-state index in [9.17, 15) is 4.79 Å². The Hall–Kier alpha value is -3.55. The van der Waals surface area contributed by atoms with E-state index in [0.29, 0.717) is 41.4 Å². The van der Waals surface area contributed by atoms with Crippen LogP contribution in [0.3, 0.4) is 0 Å². The summed E-state index contributed by atoms with van der Waals surface area (Å²) in [5.41, 5.74) is 1.56. The lowest BCUT2D eigenvalue weighted by atomic mass is 10.2. The van der Waals surface area contributed by atoms with Gasteiger partial charge in [0.1, 0.15) is 6.26 Å². The van der Waals surface area contributed by atoms with Crippen molar-refractivity contribution in [3.05, 3.63) is 54.2 Å². The summed E-state index contributed by atoms with van der Waals surface area (Å²) in [4.78, 5) is 21.2. The third-order valence-corrected chi connectivity index (χ3v) is 4.31. The van der Waals surface area contributed by atoms with E-state index in [-0.39, 0.29) is 24.2 Å². The molecule has 0 fully saturated rings. The number of carbonyl (C=O) groups excluding carboxylic acids is 1. The van der Waals surface area contributed by atoms with E-state index in [1.165, 1.54) is 6.26 Å². The van der Waals surface area contributed by atoms with Gasteiger partial charge in [0.2, 0.25) is 5.89 Å². The average molecular weight is 440 g/mol. The number of methoxy groups -OCH3 is 1. The Morgan fingerprint density at radius 2 is 1.94 bits per heavy atom. The van der Waals surface area contributed by atoms with Crippen LogP contribution in [0.5, 0.6) is 17.2 Å². The number of nitrogens with zero attached hydrogens (tertiary/aromatic N) is 2. The van der Waals surface area contributed by atoms with Crippen LogP contribution in [0, 0.1) is 5.92 Å². The SMILES string of the molecule is COc1ccc(-c2nc(CNC(=O)c3ncccc3OC(C)C)co2)cc1OCC(C)C. The van der Waals surface area contributed by atoms with Crippen molar-refractivity contribution in [2.45, 2.75) is 40.3 Å². The van der Waals surface area contributed by atoms with Gasteiger partial charge in [0.25, 0.3) is 5.91 Å². The molecule has 3 aromatic rings. The molecule has 32 heavy (non-hydrogen) atoms. The minimum atomic E-state index is -0.348. The minimum absolute atomic E-state index is 0.0669. The molecule has 1 aromatic carbocycles. The molecule has 2 aromatic heterocycles. The predicted molar refractivity (Wildman–Crippen MR) is 120 cm³/mol. The summed E-state index contributed by atoms with van der Waals surface area (Å²) in [6, 6.07) is 8.94. The van der Waals surface area contributed by atoms with Gasteiger partial charge >= 0.3 is 0 Å². The first kappa shape index (κ1) is 23.1. The lowest BCUT2D eigenvalue weighted by molar-refractivity contribution is 0.0939. The molecule has 8 heteroatoms. The van der Waals surface area contributed by atoms with Gasteiger partial charge in [-0.15, -0.1) is 0 Å². The van der Waals surface area contributed by atoms with Crippen molar-refractivity contribution in [1.82, 2.24) is 15.3 Å². The number of aromatic nitrogens is 2. The van der Waals surface area contributed by atoms with Gasteiger partial charge in [0, 0.05) is 11.8 Å². The van der Waals surface area contributed by atoms with Gasteiger partial charge < -0.3 is 23.9 Å². The van der Waals surface area contributed by atoms with Crippen molar-refractivity contribution in [3.63, 3.8) is 0 Å². The maximum atomic E-state index is 12.6. The number of carbonyl (C=O) groups is 1. The van der Waals surface area contributed by atoms with Crippen LogP contribution < -0.4 is 19.5 Å². The van der Waals surface area contributed by atoms with E-state index >= 15 is 0 Å². The average Bonchev–Trinajstić information content (AvgIpc) is 3.25. The number of rotatable bonds is 10. The number of oxazole rings is 1. The normalized spacial score (nSPS) is 11.0. The highest BCUT2D eigenvalue weighted by atomic mass is 16.5. The van der Waals surface area contributed by atoms with Crippen LogP contribution in [0.2, 0.25) is 0 Å². The Morgan fingerprint density at radius 1 is 1.12 bits per heavy atom. The summed E-state index contributed by atoms with van der Waals surface area (Å²) < 4.78 is 22.5. The van der Waals surface area contributed by atoms with Gasteiger partial charge in [-0.3, -0.25) is 4.79 Å². The smallest absolute Gasteiger partial charge is 0.274 e. The van der Waals surface area contributed by atoms with Gasteiger partial charge in [-0.2, -0.15) is 0 Å². The summed E-state index contributed by atoms with van der Waals surface area (Å²) in [6.07, 6.45) is 3.00. The summed E-state index contributed by atoms with van der Waals surface area (Å²) in [6.45, 7) is 8.70. The maximum Gasteiger partial charge on any atom is 0.274 e. The quantitative estimate of drug-likeness (QED) is 0.497. The Balaban J connectivity index is 1.69. The molecular formula is C24H29N3O5. The fourth-order valence-corrected chi connectivity index (χ4v) is 2.86. The minimum Gasteiger partial charge on any atom is -0.493 e. The highest BCUT2D eigenvalue weighted by Crippen LogP contribution is 2.32. The Labute approximate surface area is 187 Å². The van der Waals surface area contributed by atoms with E-state index in [1.54, 1.807) is 25.4 Å².